The van der Waals surface area contributed by atoms with Gasteiger partial charge in [0, 0.05) is 16.8 Å². The number of aromatic nitrogens is 4. The van der Waals surface area contributed by atoms with Crippen molar-refractivity contribution in [3.8, 4) is 5.69 Å². The molecule has 26 heavy (non-hydrogen) atoms. The first-order valence-electron chi connectivity index (χ1n) is 8.52. The number of fused-ring (bicyclic) bond motifs is 3. The Kier molecular flexibility index (Phi) is 4.74. The Bertz CT molecular complexity index is 965. The molecule has 0 spiro atoms. The zero-order chi connectivity index (χ0) is 18.1. The van der Waals surface area contributed by atoms with Crippen molar-refractivity contribution in [1.82, 2.24) is 19.7 Å². The highest BCUT2D eigenvalue weighted by atomic mass is 35.5. The number of hydrogen-bond donors (Lipinski definition) is 0. The van der Waals surface area contributed by atoms with Crippen LogP contribution >= 0.6 is 23.2 Å². The number of alkyl halides is 1. The van der Waals surface area contributed by atoms with E-state index in [0.29, 0.717) is 10.8 Å². The molecule has 0 N–H and O–H groups in total. The summed E-state index contributed by atoms with van der Waals surface area (Å²) in [6.07, 6.45) is 3.61. The molecular formula is C19H17Cl2N5. The van der Waals surface area contributed by atoms with E-state index in [1.807, 2.05) is 41.0 Å². The van der Waals surface area contributed by atoms with Gasteiger partial charge in [0.15, 0.2) is 11.6 Å². The molecular weight excluding hydrogens is 369 g/mol. The molecule has 2 aromatic heterocycles. The standard InChI is InChI=1S/C19H17Cl2N5/c1-2-5-15-19-25-24-17(11-20)26(19)16-8-7-12(21)10-13(16)18(23-15)14-6-3-4-9-22-14/h3-4,6-10,15H,2,5,11H2,1H3. The minimum absolute atomic E-state index is 0.118. The molecule has 0 saturated heterocycles. The minimum atomic E-state index is -0.118. The van der Waals surface area contributed by atoms with Crippen LogP contribution in [0.3, 0.4) is 0 Å². The van der Waals surface area contributed by atoms with Gasteiger partial charge in [-0.15, -0.1) is 21.8 Å². The summed E-state index contributed by atoms with van der Waals surface area (Å²) in [6, 6.07) is 11.4. The Hall–Kier alpha value is -2.24. The Morgan fingerprint density at radius 1 is 1.15 bits per heavy atom. The molecule has 3 heterocycles. The SMILES string of the molecule is CCCC1N=C(c2ccccn2)c2cc(Cl)ccc2-n2c(CCl)nnc21. The van der Waals surface area contributed by atoms with E-state index in [4.69, 9.17) is 28.2 Å². The van der Waals surface area contributed by atoms with Gasteiger partial charge in [0.05, 0.1) is 23.0 Å². The molecule has 132 valence electrons. The second kappa shape index (κ2) is 7.17. The van der Waals surface area contributed by atoms with Crippen LogP contribution in [0.2, 0.25) is 5.02 Å². The van der Waals surface area contributed by atoms with Crippen LogP contribution in [0.5, 0.6) is 0 Å². The molecule has 1 aliphatic heterocycles. The van der Waals surface area contributed by atoms with Gasteiger partial charge in [0.1, 0.15) is 6.04 Å². The van der Waals surface area contributed by atoms with Gasteiger partial charge < -0.3 is 0 Å². The van der Waals surface area contributed by atoms with E-state index in [0.717, 1.165) is 41.3 Å². The molecule has 0 saturated carbocycles. The first-order chi connectivity index (χ1) is 12.7. The maximum absolute atomic E-state index is 6.31. The first kappa shape index (κ1) is 17.2. The van der Waals surface area contributed by atoms with Crippen LogP contribution in [0.4, 0.5) is 0 Å². The van der Waals surface area contributed by atoms with Crippen molar-refractivity contribution in [2.75, 3.05) is 0 Å². The molecule has 0 radical (unpaired) electrons. The van der Waals surface area contributed by atoms with Crippen LogP contribution in [0, 0.1) is 0 Å². The fourth-order valence-electron chi connectivity index (χ4n) is 3.25. The summed E-state index contributed by atoms with van der Waals surface area (Å²) in [4.78, 5) is 9.55. The molecule has 1 aromatic carbocycles. The highest BCUT2D eigenvalue weighted by Crippen LogP contribution is 2.34. The minimum Gasteiger partial charge on any atom is -0.279 e. The molecule has 4 rings (SSSR count). The van der Waals surface area contributed by atoms with Gasteiger partial charge in [-0.1, -0.05) is 31.0 Å². The summed E-state index contributed by atoms with van der Waals surface area (Å²) in [5, 5.41) is 9.32. The fraction of sp³-hybridized carbons (Fsp3) is 0.263. The van der Waals surface area contributed by atoms with E-state index in [9.17, 15) is 0 Å². The number of benzene rings is 1. The summed E-state index contributed by atoms with van der Waals surface area (Å²) in [5.74, 6) is 1.77. The maximum Gasteiger partial charge on any atom is 0.162 e. The summed E-state index contributed by atoms with van der Waals surface area (Å²) in [7, 11) is 0. The molecule has 1 unspecified atom stereocenters. The van der Waals surface area contributed by atoms with Crippen LogP contribution in [0.15, 0.2) is 47.6 Å². The second-order valence-electron chi connectivity index (χ2n) is 6.10. The van der Waals surface area contributed by atoms with Gasteiger partial charge in [-0.2, -0.15) is 0 Å². The van der Waals surface area contributed by atoms with Crippen LogP contribution in [-0.2, 0) is 5.88 Å². The highest BCUT2D eigenvalue weighted by molar-refractivity contribution is 6.31. The topological polar surface area (TPSA) is 56.0 Å². The van der Waals surface area contributed by atoms with Crippen molar-refractivity contribution in [3.63, 3.8) is 0 Å². The van der Waals surface area contributed by atoms with Crippen molar-refractivity contribution < 1.29 is 0 Å². The fourth-order valence-corrected chi connectivity index (χ4v) is 3.59. The summed E-state index contributed by atoms with van der Waals surface area (Å²) >= 11 is 12.4. The Morgan fingerprint density at radius 2 is 2.04 bits per heavy atom. The van der Waals surface area contributed by atoms with E-state index < -0.39 is 0 Å². The van der Waals surface area contributed by atoms with Crippen LogP contribution in [0.25, 0.3) is 5.69 Å². The average molecular weight is 386 g/mol. The predicted molar refractivity (Wildman–Crippen MR) is 103 cm³/mol. The Labute approximate surface area is 161 Å². The number of hydrogen-bond acceptors (Lipinski definition) is 4. The monoisotopic (exact) mass is 385 g/mol. The van der Waals surface area contributed by atoms with E-state index in [1.54, 1.807) is 6.20 Å². The zero-order valence-corrected chi connectivity index (χ0v) is 15.7. The molecule has 0 bridgehead atoms. The molecule has 7 heteroatoms. The normalized spacial score (nSPS) is 15.8. The molecule has 1 aliphatic rings. The van der Waals surface area contributed by atoms with Crippen molar-refractivity contribution in [1.29, 1.82) is 0 Å². The molecule has 5 nitrogen and oxygen atoms in total. The predicted octanol–water partition coefficient (Wildman–Crippen LogP) is 4.75. The number of nitrogens with zero attached hydrogens (tertiary/aromatic N) is 5. The van der Waals surface area contributed by atoms with E-state index in [-0.39, 0.29) is 11.9 Å². The summed E-state index contributed by atoms with van der Waals surface area (Å²) < 4.78 is 2.01. The van der Waals surface area contributed by atoms with Gasteiger partial charge in [-0.25, -0.2) is 0 Å². The lowest BCUT2D eigenvalue weighted by Gasteiger charge is -2.13. The smallest absolute Gasteiger partial charge is 0.162 e. The van der Waals surface area contributed by atoms with Crippen molar-refractivity contribution in [2.24, 2.45) is 4.99 Å². The van der Waals surface area contributed by atoms with Crippen molar-refractivity contribution >= 4 is 28.9 Å². The molecule has 0 aliphatic carbocycles. The third kappa shape index (κ3) is 2.91. The average Bonchev–Trinajstić information content (AvgIpc) is 3.04. The lowest BCUT2D eigenvalue weighted by molar-refractivity contribution is 0.595. The number of rotatable bonds is 4. The van der Waals surface area contributed by atoms with Gasteiger partial charge in [0.25, 0.3) is 0 Å². The van der Waals surface area contributed by atoms with E-state index >= 15 is 0 Å². The van der Waals surface area contributed by atoms with E-state index in [1.165, 1.54) is 0 Å². The highest BCUT2D eigenvalue weighted by Gasteiger charge is 2.28. The lowest BCUT2D eigenvalue weighted by atomic mass is 10.0. The Morgan fingerprint density at radius 3 is 2.77 bits per heavy atom. The van der Waals surface area contributed by atoms with Crippen LogP contribution < -0.4 is 0 Å². The van der Waals surface area contributed by atoms with E-state index in [2.05, 4.69) is 22.1 Å². The maximum atomic E-state index is 6.31. The zero-order valence-electron chi connectivity index (χ0n) is 14.2. The number of pyridine rings is 1. The van der Waals surface area contributed by atoms with Crippen LogP contribution in [0.1, 0.15) is 48.7 Å². The van der Waals surface area contributed by atoms with Gasteiger partial charge >= 0.3 is 0 Å². The van der Waals surface area contributed by atoms with Gasteiger partial charge in [-0.3, -0.25) is 14.5 Å². The molecule has 1 atom stereocenters. The largest absolute Gasteiger partial charge is 0.279 e. The first-order valence-corrected chi connectivity index (χ1v) is 9.43. The van der Waals surface area contributed by atoms with Crippen molar-refractivity contribution in [3.05, 3.63) is 70.5 Å². The third-order valence-corrected chi connectivity index (χ3v) is 4.86. The van der Waals surface area contributed by atoms with Crippen molar-refractivity contribution in [2.45, 2.75) is 31.7 Å². The second-order valence-corrected chi connectivity index (χ2v) is 6.81. The molecule has 3 aromatic rings. The summed E-state index contributed by atoms with van der Waals surface area (Å²) in [6.45, 7) is 2.13. The quantitative estimate of drug-likeness (QED) is 0.609. The summed E-state index contributed by atoms with van der Waals surface area (Å²) in [5.41, 5.74) is 3.45. The van der Waals surface area contributed by atoms with Gasteiger partial charge in [0.2, 0.25) is 0 Å². The number of aliphatic imine (C=N–C) groups is 1. The van der Waals surface area contributed by atoms with Crippen LogP contribution in [-0.4, -0.2) is 25.5 Å². The number of halogens is 2. The lowest BCUT2D eigenvalue weighted by Crippen LogP contribution is -2.10. The molecule has 0 fully saturated rings. The van der Waals surface area contributed by atoms with Gasteiger partial charge in [-0.05, 0) is 36.8 Å². The molecule has 0 amide bonds. The third-order valence-electron chi connectivity index (χ3n) is 4.38. The Balaban J connectivity index is 2.03.